The minimum Gasteiger partial charge on any atom is -0.366 e. The summed E-state index contributed by atoms with van der Waals surface area (Å²) < 4.78 is 0. The van der Waals surface area contributed by atoms with Gasteiger partial charge >= 0.3 is 0 Å². The number of hydrogen-bond acceptors (Lipinski definition) is 3. The molecule has 0 aliphatic carbocycles. The lowest BCUT2D eigenvalue weighted by molar-refractivity contribution is -0.127. The molecule has 1 aliphatic rings. The maximum absolute atomic E-state index is 12.7. The number of carbonyl (C=O) groups is 2. The molecule has 21 heavy (non-hydrogen) atoms. The van der Waals surface area contributed by atoms with Crippen molar-refractivity contribution in [1.82, 2.24) is 5.32 Å². The third-order valence-corrected chi connectivity index (χ3v) is 4.09. The summed E-state index contributed by atoms with van der Waals surface area (Å²) in [5.41, 5.74) is 5.94. The van der Waals surface area contributed by atoms with E-state index in [4.69, 9.17) is 5.73 Å². The molecular weight excluding hydrogens is 266 g/mol. The zero-order chi connectivity index (χ0) is 15.3. The molecular formula is C16H23N3O2. The summed E-state index contributed by atoms with van der Waals surface area (Å²) in [6.45, 7) is 3.77. The average molecular weight is 289 g/mol. The molecule has 1 aromatic rings. The Hall–Kier alpha value is -1.88. The Labute approximate surface area is 125 Å². The summed E-state index contributed by atoms with van der Waals surface area (Å²) in [4.78, 5) is 23.9. The molecule has 1 aromatic carbocycles. The van der Waals surface area contributed by atoms with Gasteiger partial charge in [0.05, 0.1) is 5.41 Å². The van der Waals surface area contributed by atoms with Gasteiger partial charge in [-0.3, -0.25) is 9.59 Å². The maximum Gasteiger partial charge on any atom is 0.248 e. The first kappa shape index (κ1) is 15.5. The normalized spacial score (nSPS) is 21.8. The van der Waals surface area contributed by atoms with Crippen LogP contribution in [0.2, 0.25) is 0 Å². The molecule has 1 atom stereocenters. The number of benzene rings is 1. The fourth-order valence-electron chi connectivity index (χ4n) is 2.98. The van der Waals surface area contributed by atoms with Crippen molar-refractivity contribution in [1.29, 1.82) is 0 Å². The molecule has 2 rings (SSSR count). The van der Waals surface area contributed by atoms with Gasteiger partial charge in [0, 0.05) is 17.8 Å². The number of anilines is 1. The van der Waals surface area contributed by atoms with Gasteiger partial charge in [-0.1, -0.05) is 19.4 Å². The largest absolute Gasteiger partial charge is 0.366 e. The van der Waals surface area contributed by atoms with Gasteiger partial charge in [-0.15, -0.1) is 0 Å². The van der Waals surface area contributed by atoms with Crippen molar-refractivity contribution < 1.29 is 9.59 Å². The zero-order valence-corrected chi connectivity index (χ0v) is 12.4. The Bertz CT molecular complexity index is 516. The fraction of sp³-hybridized carbons (Fsp3) is 0.500. The second-order valence-electron chi connectivity index (χ2n) is 5.71. The highest BCUT2D eigenvalue weighted by molar-refractivity contribution is 5.98. The minimum absolute atomic E-state index is 0.0261. The molecule has 0 radical (unpaired) electrons. The van der Waals surface area contributed by atoms with Gasteiger partial charge in [0.1, 0.15) is 0 Å². The van der Waals surface area contributed by atoms with Gasteiger partial charge in [0.25, 0.3) is 0 Å². The third-order valence-electron chi connectivity index (χ3n) is 4.09. The van der Waals surface area contributed by atoms with Crippen molar-refractivity contribution in [3.05, 3.63) is 29.8 Å². The second kappa shape index (κ2) is 6.72. The van der Waals surface area contributed by atoms with Crippen molar-refractivity contribution >= 4 is 17.5 Å². The molecule has 0 bridgehead atoms. The zero-order valence-electron chi connectivity index (χ0n) is 12.4. The van der Waals surface area contributed by atoms with E-state index < -0.39 is 5.91 Å². The van der Waals surface area contributed by atoms with Crippen LogP contribution in [0, 0.1) is 5.41 Å². The summed E-state index contributed by atoms with van der Waals surface area (Å²) >= 11 is 0. The highest BCUT2D eigenvalue weighted by atomic mass is 16.2. The summed E-state index contributed by atoms with van der Waals surface area (Å²) in [5, 5.41) is 6.27. The molecule has 1 unspecified atom stereocenters. The van der Waals surface area contributed by atoms with Crippen LogP contribution in [0.25, 0.3) is 0 Å². The van der Waals surface area contributed by atoms with Gasteiger partial charge in [-0.05, 0) is 44.0 Å². The van der Waals surface area contributed by atoms with Gasteiger partial charge in [-0.2, -0.15) is 0 Å². The molecule has 1 aliphatic heterocycles. The first-order valence-corrected chi connectivity index (χ1v) is 7.49. The maximum atomic E-state index is 12.7. The monoisotopic (exact) mass is 289 g/mol. The van der Waals surface area contributed by atoms with Crippen LogP contribution in [-0.4, -0.2) is 24.9 Å². The predicted molar refractivity (Wildman–Crippen MR) is 83.0 cm³/mol. The van der Waals surface area contributed by atoms with E-state index in [9.17, 15) is 9.59 Å². The van der Waals surface area contributed by atoms with Crippen LogP contribution in [-0.2, 0) is 4.79 Å². The summed E-state index contributed by atoms with van der Waals surface area (Å²) in [6, 6.07) is 6.76. The van der Waals surface area contributed by atoms with E-state index in [-0.39, 0.29) is 11.3 Å². The van der Waals surface area contributed by atoms with Crippen molar-refractivity contribution in [2.24, 2.45) is 11.1 Å². The number of amides is 2. The summed E-state index contributed by atoms with van der Waals surface area (Å²) in [7, 11) is 0. The van der Waals surface area contributed by atoms with Gasteiger partial charge in [-0.25, -0.2) is 0 Å². The lowest BCUT2D eigenvalue weighted by atomic mass is 9.76. The van der Waals surface area contributed by atoms with Crippen LogP contribution in [0.4, 0.5) is 5.69 Å². The van der Waals surface area contributed by atoms with E-state index in [2.05, 4.69) is 17.6 Å². The molecule has 2 amide bonds. The van der Waals surface area contributed by atoms with Crippen LogP contribution >= 0.6 is 0 Å². The molecule has 0 spiro atoms. The quantitative estimate of drug-likeness (QED) is 0.774. The summed E-state index contributed by atoms with van der Waals surface area (Å²) in [5.74, 6) is -0.466. The van der Waals surface area contributed by atoms with E-state index in [1.165, 1.54) is 0 Å². The van der Waals surface area contributed by atoms with E-state index in [0.717, 1.165) is 32.2 Å². The number of primary amides is 1. The number of nitrogens with two attached hydrogens (primary N) is 1. The van der Waals surface area contributed by atoms with Crippen LogP contribution in [0.5, 0.6) is 0 Å². The van der Waals surface area contributed by atoms with E-state index in [1.54, 1.807) is 24.3 Å². The Morgan fingerprint density at radius 1 is 1.43 bits per heavy atom. The molecule has 0 saturated carbocycles. The highest BCUT2D eigenvalue weighted by Crippen LogP contribution is 2.33. The first-order valence-electron chi connectivity index (χ1n) is 7.49. The number of nitrogens with one attached hydrogen (secondary N) is 2. The lowest BCUT2D eigenvalue weighted by Crippen LogP contribution is -2.48. The Kier molecular flexibility index (Phi) is 4.96. The Morgan fingerprint density at radius 2 is 2.24 bits per heavy atom. The third kappa shape index (κ3) is 3.61. The number of hydrogen-bond donors (Lipinski definition) is 3. The molecule has 5 heteroatoms. The summed E-state index contributed by atoms with van der Waals surface area (Å²) in [6.07, 6.45) is 3.74. The van der Waals surface area contributed by atoms with Crippen molar-refractivity contribution in [3.8, 4) is 0 Å². The molecule has 114 valence electrons. The smallest absolute Gasteiger partial charge is 0.248 e. The van der Waals surface area contributed by atoms with Crippen LogP contribution in [0.3, 0.4) is 0 Å². The Morgan fingerprint density at radius 3 is 2.86 bits per heavy atom. The standard InChI is InChI=1S/C16H23N3O2/c1-2-7-16(8-4-9-18-11-16)15(21)19-13-6-3-5-12(10-13)14(17)20/h3,5-6,10,18H,2,4,7-9,11H2,1H3,(H2,17,20)(H,19,21). The van der Waals surface area contributed by atoms with Crippen molar-refractivity contribution in [2.75, 3.05) is 18.4 Å². The molecule has 1 heterocycles. The van der Waals surface area contributed by atoms with Crippen molar-refractivity contribution in [3.63, 3.8) is 0 Å². The fourth-order valence-corrected chi connectivity index (χ4v) is 2.98. The van der Waals surface area contributed by atoms with Crippen LogP contribution < -0.4 is 16.4 Å². The molecule has 4 N–H and O–H groups in total. The molecule has 1 fully saturated rings. The van der Waals surface area contributed by atoms with Gasteiger partial charge < -0.3 is 16.4 Å². The predicted octanol–water partition coefficient (Wildman–Crippen LogP) is 1.89. The van der Waals surface area contributed by atoms with Crippen LogP contribution in [0.15, 0.2) is 24.3 Å². The highest BCUT2D eigenvalue weighted by Gasteiger charge is 2.38. The number of rotatable bonds is 5. The first-order chi connectivity index (χ1) is 10.1. The Balaban J connectivity index is 2.15. The van der Waals surface area contributed by atoms with Crippen molar-refractivity contribution in [2.45, 2.75) is 32.6 Å². The van der Waals surface area contributed by atoms with Gasteiger partial charge in [0.2, 0.25) is 11.8 Å². The number of carbonyl (C=O) groups excluding carboxylic acids is 2. The number of piperidine rings is 1. The minimum atomic E-state index is -0.492. The molecule has 0 aromatic heterocycles. The molecule has 1 saturated heterocycles. The van der Waals surface area contributed by atoms with E-state index in [1.807, 2.05) is 0 Å². The average Bonchev–Trinajstić information content (AvgIpc) is 2.48. The van der Waals surface area contributed by atoms with Gasteiger partial charge in [0.15, 0.2) is 0 Å². The van der Waals surface area contributed by atoms with Crippen LogP contribution in [0.1, 0.15) is 43.0 Å². The molecule has 5 nitrogen and oxygen atoms in total. The lowest BCUT2D eigenvalue weighted by Gasteiger charge is -2.36. The van der Waals surface area contributed by atoms with E-state index in [0.29, 0.717) is 17.8 Å². The topological polar surface area (TPSA) is 84.2 Å². The second-order valence-corrected chi connectivity index (χ2v) is 5.71. The van der Waals surface area contributed by atoms with E-state index >= 15 is 0 Å². The SMILES string of the molecule is CCCC1(C(=O)Nc2cccc(C(N)=O)c2)CCCNC1.